The maximum atomic E-state index is 12.1. The van der Waals surface area contributed by atoms with E-state index in [0.717, 1.165) is 25.3 Å². The Balaban J connectivity index is 1.85. The lowest BCUT2D eigenvalue weighted by atomic mass is 9.98. The summed E-state index contributed by atoms with van der Waals surface area (Å²) in [7, 11) is 2.13. The first-order valence-electron chi connectivity index (χ1n) is 6.61. The molecule has 3 nitrogen and oxygen atoms in total. The van der Waals surface area contributed by atoms with Crippen molar-refractivity contribution in [3.63, 3.8) is 0 Å². The number of piperidine rings is 1. The molecule has 1 atom stereocenters. The highest BCUT2D eigenvalue weighted by Crippen LogP contribution is 2.21. The Morgan fingerprint density at radius 2 is 2.32 bits per heavy atom. The first-order valence-corrected chi connectivity index (χ1v) is 6.61. The topological polar surface area (TPSA) is 24.5 Å². The molecule has 1 heterocycles. The van der Waals surface area contributed by atoms with Gasteiger partial charge in [0.2, 0.25) is 0 Å². The van der Waals surface area contributed by atoms with Crippen LogP contribution in [0.2, 0.25) is 0 Å². The maximum Gasteiger partial charge on any atom is 0.387 e. The number of anilines is 1. The summed E-state index contributed by atoms with van der Waals surface area (Å²) < 4.78 is 28.6. The van der Waals surface area contributed by atoms with Gasteiger partial charge in [-0.3, -0.25) is 0 Å². The zero-order valence-electron chi connectivity index (χ0n) is 11.1. The van der Waals surface area contributed by atoms with Crippen LogP contribution < -0.4 is 10.1 Å². The van der Waals surface area contributed by atoms with Gasteiger partial charge in [0.1, 0.15) is 5.75 Å². The first-order chi connectivity index (χ1) is 9.13. The summed E-state index contributed by atoms with van der Waals surface area (Å²) in [5.41, 5.74) is 0.825. The maximum absolute atomic E-state index is 12.1. The van der Waals surface area contributed by atoms with Gasteiger partial charge in [-0.25, -0.2) is 0 Å². The third-order valence-electron chi connectivity index (χ3n) is 3.38. The molecule has 1 saturated heterocycles. The average molecular weight is 270 g/mol. The molecule has 0 amide bonds. The summed E-state index contributed by atoms with van der Waals surface area (Å²) in [6.45, 7) is 0.332. The lowest BCUT2D eigenvalue weighted by molar-refractivity contribution is -0.0498. The minimum Gasteiger partial charge on any atom is -0.435 e. The van der Waals surface area contributed by atoms with Gasteiger partial charge in [-0.05, 0) is 44.5 Å². The second-order valence-electron chi connectivity index (χ2n) is 5.06. The molecule has 1 unspecified atom stereocenters. The molecule has 0 aliphatic carbocycles. The van der Waals surface area contributed by atoms with Gasteiger partial charge in [-0.1, -0.05) is 6.07 Å². The largest absolute Gasteiger partial charge is 0.435 e. The number of benzene rings is 1. The molecule has 0 aromatic heterocycles. The number of nitrogens with one attached hydrogen (secondary N) is 1. The van der Waals surface area contributed by atoms with Crippen molar-refractivity contribution in [1.82, 2.24) is 4.90 Å². The molecule has 0 radical (unpaired) electrons. The molecule has 106 valence electrons. The second-order valence-corrected chi connectivity index (χ2v) is 5.06. The number of hydrogen-bond donors (Lipinski definition) is 1. The highest BCUT2D eigenvalue weighted by molar-refractivity contribution is 5.48. The lowest BCUT2D eigenvalue weighted by Gasteiger charge is -2.30. The van der Waals surface area contributed by atoms with E-state index < -0.39 is 6.61 Å². The van der Waals surface area contributed by atoms with Crippen LogP contribution in [0, 0.1) is 5.92 Å². The van der Waals surface area contributed by atoms with Crippen molar-refractivity contribution in [2.75, 3.05) is 32.0 Å². The molecule has 19 heavy (non-hydrogen) atoms. The monoisotopic (exact) mass is 270 g/mol. The fraction of sp³-hybridized carbons (Fsp3) is 0.571. The fourth-order valence-corrected chi connectivity index (χ4v) is 2.48. The van der Waals surface area contributed by atoms with E-state index in [1.807, 2.05) is 6.07 Å². The minimum atomic E-state index is -2.78. The molecule has 1 aliphatic heterocycles. The van der Waals surface area contributed by atoms with E-state index in [1.165, 1.54) is 18.9 Å². The highest BCUT2D eigenvalue weighted by atomic mass is 19.3. The van der Waals surface area contributed by atoms with E-state index in [1.54, 1.807) is 12.1 Å². The average Bonchev–Trinajstić information content (AvgIpc) is 2.36. The van der Waals surface area contributed by atoms with Crippen molar-refractivity contribution >= 4 is 5.69 Å². The van der Waals surface area contributed by atoms with Crippen molar-refractivity contribution in [1.29, 1.82) is 0 Å². The molecular formula is C14H20F2N2O. The number of likely N-dealkylation sites (tertiary alicyclic amines) is 1. The molecule has 1 N–H and O–H groups in total. The second kappa shape index (κ2) is 6.70. The van der Waals surface area contributed by atoms with Gasteiger partial charge in [0, 0.05) is 24.8 Å². The zero-order chi connectivity index (χ0) is 13.7. The van der Waals surface area contributed by atoms with E-state index in [0.29, 0.717) is 5.92 Å². The van der Waals surface area contributed by atoms with E-state index in [4.69, 9.17) is 0 Å². The van der Waals surface area contributed by atoms with Gasteiger partial charge in [-0.15, -0.1) is 0 Å². The lowest BCUT2D eigenvalue weighted by Crippen LogP contribution is -2.35. The molecule has 2 rings (SSSR count). The Hall–Kier alpha value is -1.36. The molecule has 1 aliphatic rings. The van der Waals surface area contributed by atoms with Gasteiger partial charge >= 0.3 is 6.61 Å². The Morgan fingerprint density at radius 3 is 3.05 bits per heavy atom. The Labute approximate surface area is 112 Å². The van der Waals surface area contributed by atoms with Crippen LogP contribution in [0.5, 0.6) is 5.75 Å². The number of nitrogens with zero attached hydrogens (tertiary/aromatic N) is 1. The molecular weight excluding hydrogens is 250 g/mol. The normalized spacial score (nSPS) is 20.5. The molecule has 1 aromatic carbocycles. The van der Waals surface area contributed by atoms with Crippen LogP contribution in [-0.2, 0) is 0 Å². The van der Waals surface area contributed by atoms with Crippen molar-refractivity contribution in [2.24, 2.45) is 5.92 Å². The fourth-order valence-electron chi connectivity index (χ4n) is 2.48. The molecule has 1 fully saturated rings. The van der Waals surface area contributed by atoms with Crippen LogP contribution in [0.1, 0.15) is 12.8 Å². The standard InChI is InChI=1S/C14H20F2N2O/c1-18-7-3-4-11(10-18)9-17-12-5-2-6-13(8-12)19-14(15)16/h2,5-6,8,11,14,17H,3-4,7,9-10H2,1H3. The van der Waals surface area contributed by atoms with E-state index >= 15 is 0 Å². The number of alkyl halides is 2. The van der Waals surface area contributed by atoms with Gasteiger partial charge in [0.05, 0.1) is 0 Å². The van der Waals surface area contributed by atoms with Crippen LogP contribution >= 0.6 is 0 Å². The molecule has 0 bridgehead atoms. The summed E-state index contributed by atoms with van der Waals surface area (Å²) in [4.78, 5) is 2.33. The van der Waals surface area contributed by atoms with Crippen molar-refractivity contribution in [3.8, 4) is 5.75 Å². The smallest absolute Gasteiger partial charge is 0.387 e. The zero-order valence-corrected chi connectivity index (χ0v) is 11.1. The van der Waals surface area contributed by atoms with Crippen LogP contribution in [-0.4, -0.2) is 38.2 Å². The highest BCUT2D eigenvalue weighted by Gasteiger charge is 2.16. The summed E-state index contributed by atoms with van der Waals surface area (Å²) in [5.74, 6) is 0.805. The van der Waals surface area contributed by atoms with Crippen LogP contribution in [0.4, 0.5) is 14.5 Å². The molecule has 1 aromatic rings. The van der Waals surface area contributed by atoms with Gasteiger partial charge in [0.15, 0.2) is 0 Å². The Bertz CT molecular complexity index is 401. The third-order valence-corrected chi connectivity index (χ3v) is 3.38. The number of ether oxygens (including phenoxy) is 1. The molecule has 0 saturated carbocycles. The first kappa shape index (κ1) is 14.1. The van der Waals surface area contributed by atoms with Gasteiger partial charge in [-0.2, -0.15) is 8.78 Å². The summed E-state index contributed by atoms with van der Waals surface area (Å²) in [6.07, 6.45) is 2.43. The van der Waals surface area contributed by atoms with Crippen LogP contribution in [0.15, 0.2) is 24.3 Å². The Kier molecular flexibility index (Phi) is 4.96. The quantitative estimate of drug-likeness (QED) is 0.890. The van der Waals surface area contributed by atoms with Gasteiger partial charge < -0.3 is 15.0 Å². The van der Waals surface area contributed by atoms with Gasteiger partial charge in [0.25, 0.3) is 0 Å². The summed E-state index contributed by atoms with van der Waals surface area (Å²) in [6, 6.07) is 6.72. The predicted octanol–water partition coefficient (Wildman–Crippen LogP) is 3.04. The number of hydrogen-bond acceptors (Lipinski definition) is 3. The van der Waals surface area contributed by atoms with Crippen LogP contribution in [0.3, 0.4) is 0 Å². The van der Waals surface area contributed by atoms with E-state index in [2.05, 4.69) is 22.0 Å². The van der Waals surface area contributed by atoms with Crippen molar-refractivity contribution < 1.29 is 13.5 Å². The Morgan fingerprint density at radius 1 is 1.47 bits per heavy atom. The predicted molar refractivity (Wildman–Crippen MR) is 71.8 cm³/mol. The van der Waals surface area contributed by atoms with Crippen LogP contribution in [0.25, 0.3) is 0 Å². The van der Waals surface area contributed by atoms with E-state index in [-0.39, 0.29) is 5.75 Å². The van der Waals surface area contributed by atoms with Crippen molar-refractivity contribution in [2.45, 2.75) is 19.5 Å². The minimum absolute atomic E-state index is 0.195. The number of rotatable bonds is 5. The third kappa shape index (κ3) is 4.67. The SMILES string of the molecule is CN1CCCC(CNc2cccc(OC(F)F)c2)C1. The summed E-state index contributed by atoms with van der Waals surface area (Å²) >= 11 is 0. The van der Waals surface area contributed by atoms with Crippen molar-refractivity contribution in [3.05, 3.63) is 24.3 Å². The summed E-state index contributed by atoms with van der Waals surface area (Å²) in [5, 5.41) is 3.30. The molecule has 5 heteroatoms. The number of halogens is 2. The van der Waals surface area contributed by atoms with E-state index in [9.17, 15) is 8.78 Å². The molecule has 0 spiro atoms.